The summed E-state index contributed by atoms with van der Waals surface area (Å²) in [5.41, 5.74) is 0.677. The molecule has 1 fully saturated rings. The number of nitrogens with zero attached hydrogens (tertiary/aromatic N) is 1. The Hall–Kier alpha value is -2.51. The van der Waals surface area contributed by atoms with Crippen molar-refractivity contribution in [3.8, 4) is 5.75 Å². The van der Waals surface area contributed by atoms with Gasteiger partial charge in [-0.1, -0.05) is 12.1 Å². The van der Waals surface area contributed by atoms with Crippen LogP contribution in [0.5, 0.6) is 5.75 Å². The molecular weight excluding hydrogens is 482 g/mol. The van der Waals surface area contributed by atoms with Gasteiger partial charge in [0.15, 0.2) is 0 Å². The minimum atomic E-state index is -3.90. The summed E-state index contributed by atoms with van der Waals surface area (Å²) in [4.78, 5) is 12.6. The maximum atomic E-state index is 12.7. The van der Waals surface area contributed by atoms with Crippen LogP contribution in [0.3, 0.4) is 0 Å². The van der Waals surface area contributed by atoms with Crippen LogP contribution in [-0.2, 0) is 36.1 Å². The predicted molar refractivity (Wildman–Crippen MR) is 125 cm³/mol. The number of carbonyl (C=O) groups is 1. The van der Waals surface area contributed by atoms with Crippen molar-refractivity contribution < 1.29 is 31.1 Å². The number of hydrogen-bond acceptors (Lipinski definition) is 7. The van der Waals surface area contributed by atoms with Crippen molar-refractivity contribution in [3.63, 3.8) is 0 Å². The summed E-state index contributed by atoms with van der Waals surface area (Å²) in [6, 6.07) is 11.1. The average Bonchev–Trinajstić information content (AvgIpc) is 2.83. The molecule has 186 valence electrons. The van der Waals surface area contributed by atoms with Crippen LogP contribution in [0.15, 0.2) is 58.3 Å². The molecule has 0 aromatic heterocycles. The van der Waals surface area contributed by atoms with E-state index < -0.39 is 32.0 Å². The van der Waals surface area contributed by atoms with E-state index in [9.17, 15) is 21.6 Å². The molecule has 0 spiro atoms. The van der Waals surface area contributed by atoms with Crippen molar-refractivity contribution in [2.24, 2.45) is 0 Å². The van der Waals surface area contributed by atoms with Gasteiger partial charge in [0.1, 0.15) is 5.75 Å². The number of ether oxygens (including phenoxy) is 2. The molecule has 12 heteroatoms. The smallest absolute Gasteiger partial charge is 0.243 e. The van der Waals surface area contributed by atoms with Gasteiger partial charge in [0.25, 0.3) is 0 Å². The Bertz CT molecular complexity index is 1180. The Labute approximate surface area is 200 Å². The van der Waals surface area contributed by atoms with E-state index in [1.54, 1.807) is 24.3 Å². The van der Waals surface area contributed by atoms with Crippen LogP contribution in [0.1, 0.15) is 19.4 Å². The summed E-state index contributed by atoms with van der Waals surface area (Å²) >= 11 is 0. The molecule has 0 saturated carbocycles. The van der Waals surface area contributed by atoms with Crippen molar-refractivity contribution in [3.05, 3.63) is 54.1 Å². The fraction of sp³-hybridized carbons (Fsp3) is 0.409. The minimum Gasteiger partial charge on any atom is -0.494 e. The largest absolute Gasteiger partial charge is 0.494 e. The zero-order valence-electron chi connectivity index (χ0n) is 19.1. The van der Waals surface area contributed by atoms with Crippen molar-refractivity contribution in [2.45, 2.75) is 36.2 Å². The van der Waals surface area contributed by atoms with Crippen molar-refractivity contribution in [2.75, 3.05) is 32.9 Å². The second kappa shape index (κ2) is 11.3. The molecule has 10 nitrogen and oxygen atoms in total. The van der Waals surface area contributed by atoms with Gasteiger partial charge >= 0.3 is 0 Å². The summed E-state index contributed by atoms with van der Waals surface area (Å²) in [5.74, 6) is 0.0375. The second-order valence-corrected chi connectivity index (χ2v) is 11.3. The van der Waals surface area contributed by atoms with E-state index in [1.165, 1.54) is 35.5 Å². The molecule has 0 bridgehead atoms. The lowest BCUT2D eigenvalue weighted by atomic mass is 10.2. The monoisotopic (exact) mass is 511 g/mol. The second-order valence-electron chi connectivity index (χ2n) is 7.63. The topological polar surface area (TPSA) is 131 Å². The third-order valence-electron chi connectivity index (χ3n) is 5.17. The average molecular weight is 512 g/mol. The SMILES string of the molecule is CCOc1ccc(S(=O)(=O)NC(C)C(=O)NCc2ccc(S(=O)(=O)N3CCOCC3)cc2)cc1. The Kier molecular flexibility index (Phi) is 8.66. The van der Waals surface area contributed by atoms with Crippen LogP contribution < -0.4 is 14.8 Å². The Morgan fingerprint density at radius 2 is 1.59 bits per heavy atom. The molecular formula is C22H29N3O7S2. The van der Waals surface area contributed by atoms with Crippen LogP contribution in [0.2, 0.25) is 0 Å². The normalized spacial score (nSPS) is 16.1. The number of rotatable bonds is 10. The Morgan fingerprint density at radius 1 is 1.00 bits per heavy atom. The number of benzene rings is 2. The molecule has 1 aliphatic rings. The molecule has 34 heavy (non-hydrogen) atoms. The number of morpholine rings is 1. The first kappa shape index (κ1) is 26.1. The number of nitrogens with one attached hydrogen (secondary N) is 2. The predicted octanol–water partition coefficient (Wildman–Crippen LogP) is 1.09. The molecule has 1 aliphatic heterocycles. The highest BCUT2D eigenvalue weighted by atomic mass is 32.2. The van der Waals surface area contributed by atoms with Crippen LogP contribution >= 0.6 is 0 Å². The van der Waals surface area contributed by atoms with Gasteiger partial charge in [-0.15, -0.1) is 0 Å². The first-order valence-electron chi connectivity index (χ1n) is 10.8. The van der Waals surface area contributed by atoms with Crippen LogP contribution in [0.25, 0.3) is 0 Å². The molecule has 2 aromatic rings. The molecule has 1 saturated heterocycles. The summed E-state index contributed by atoms with van der Waals surface area (Å²) < 4.78 is 64.7. The third kappa shape index (κ3) is 6.54. The van der Waals surface area contributed by atoms with Gasteiger partial charge in [-0.3, -0.25) is 4.79 Å². The fourth-order valence-corrected chi connectivity index (χ4v) is 5.90. The molecule has 1 unspecified atom stereocenters. The maximum absolute atomic E-state index is 12.7. The van der Waals surface area contributed by atoms with Crippen molar-refractivity contribution in [1.29, 1.82) is 0 Å². The third-order valence-corrected chi connectivity index (χ3v) is 8.64. The summed E-state index contributed by atoms with van der Waals surface area (Å²) in [7, 11) is -7.49. The van der Waals surface area contributed by atoms with E-state index in [4.69, 9.17) is 9.47 Å². The first-order valence-corrected chi connectivity index (χ1v) is 13.8. The number of sulfonamides is 2. The van der Waals surface area contributed by atoms with Gasteiger partial charge < -0.3 is 14.8 Å². The molecule has 0 aliphatic carbocycles. The van der Waals surface area contributed by atoms with Gasteiger partial charge in [-0.25, -0.2) is 16.8 Å². The first-order chi connectivity index (χ1) is 16.1. The summed E-state index contributed by atoms with van der Waals surface area (Å²) in [6.45, 7) is 5.20. The lowest BCUT2D eigenvalue weighted by molar-refractivity contribution is -0.122. The quantitative estimate of drug-likeness (QED) is 0.488. The van der Waals surface area contributed by atoms with E-state index in [2.05, 4.69) is 10.0 Å². The molecule has 1 amide bonds. The van der Waals surface area contributed by atoms with E-state index in [-0.39, 0.29) is 16.3 Å². The molecule has 1 atom stereocenters. The zero-order chi connectivity index (χ0) is 24.8. The zero-order valence-corrected chi connectivity index (χ0v) is 20.7. The van der Waals surface area contributed by atoms with Crippen LogP contribution in [-0.4, -0.2) is 66.0 Å². The fourth-order valence-electron chi connectivity index (χ4n) is 3.29. The standard InChI is InChI=1S/C22H29N3O7S2/c1-3-32-19-6-10-20(11-7-19)33(27,28)24-17(2)22(26)23-16-18-4-8-21(9-5-18)34(29,30)25-12-14-31-15-13-25/h4-11,17,24H,3,12-16H2,1-2H3,(H,23,26). The highest BCUT2D eigenvalue weighted by Gasteiger charge is 2.26. The van der Waals surface area contributed by atoms with E-state index >= 15 is 0 Å². The highest BCUT2D eigenvalue weighted by Crippen LogP contribution is 2.18. The van der Waals surface area contributed by atoms with Crippen molar-refractivity contribution in [1.82, 2.24) is 14.3 Å². The number of carbonyl (C=O) groups excluding carboxylic acids is 1. The molecule has 1 heterocycles. The lowest BCUT2D eigenvalue weighted by Crippen LogP contribution is -2.44. The summed E-state index contributed by atoms with van der Waals surface area (Å²) in [6.07, 6.45) is 0. The molecule has 2 N–H and O–H groups in total. The molecule has 3 rings (SSSR count). The van der Waals surface area contributed by atoms with E-state index in [0.717, 1.165) is 0 Å². The van der Waals surface area contributed by atoms with Crippen LogP contribution in [0, 0.1) is 0 Å². The Morgan fingerprint density at radius 3 is 2.18 bits per heavy atom. The van der Waals surface area contributed by atoms with Gasteiger partial charge in [0.05, 0.1) is 35.7 Å². The molecule has 0 radical (unpaired) electrons. The minimum absolute atomic E-state index is 0.0210. The van der Waals surface area contributed by atoms with E-state index in [1.807, 2.05) is 6.92 Å². The summed E-state index contributed by atoms with van der Waals surface area (Å²) in [5, 5.41) is 2.66. The van der Waals surface area contributed by atoms with Gasteiger partial charge in [-0.05, 0) is 55.8 Å². The van der Waals surface area contributed by atoms with Crippen LogP contribution in [0.4, 0.5) is 0 Å². The maximum Gasteiger partial charge on any atom is 0.243 e. The molecule has 2 aromatic carbocycles. The number of amides is 1. The Balaban J connectivity index is 1.55. The van der Waals surface area contributed by atoms with Gasteiger partial charge in [0, 0.05) is 19.6 Å². The van der Waals surface area contributed by atoms with Gasteiger partial charge in [-0.2, -0.15) is 9.03 Å². The highest BCUT2D eigenvalue weighted by molar-refractivity contribution is 7.89. The van der Waals surface area contributed by atoms with E-state index in [0.29, 0.717) is 44.2 Å². The van der Waals surface area contributed by atoms with Gasteiger partial charge in [0.2, 0.25) is 26.0 Å². The number of hydrogen-bond donors (Lipinski definition) is 2. The lowest BCUT2D eigenvalue weighted by Gasteiger charge is -2.26. The van der Waals surface area contributed by atoms with Crippen molar-refractivity contribution >= 4 is 26.0 Å².